The summed E-state index contributed by atoms with van der Waals surface area (Å²) >= 11 is 1.78. The first-order chi connectivity index (χ1) is 13.7. The van der Waals surface area contributed by atoms with Gasteiger partial charge in [0.1, 0.15) is 0 Å². The fourth-order valence-corrected chi connectivity index (χ4v) is 4.11. The average Bonchev–Trinajstić information content (AvgIpc) is 3.11. The molecule has 1 aliphatic heterocycles. The smallest absolute Gasteiger partial charge is 0.340 e. The highest BCUT2D eigenvalue weighted by Gasteiger charge is 2.29. The van der Waals surface area contributed by atoms with Crippen molar-refractivity contribution >= 4 is 17.7 Å². The molecule has 28 heavy (non-hydrogen) atoms. The molecule has 3 aromatic carbocycles. The van der Waals surface area contributed by atoms with E-state index in [-0.39, 0.29) is 5.97 Å². The third-order valence-electron chi connectivity index (χ3n) is 4.95. The number of hydrogen-bond acceptors (Lipinski definition) is 4. The summed E-state index contributed by atoms with van der Waals surface area (Å²) in [5.41, 5.74) is 7.02. The van der Waals surface area contributed by atoms with Crippen LogP contribution in [-0.2, 0) is 17.0 Å². The molecule has 0 aliphatic carbocycles. The van der Waals surface area contributed by atoms with Crippen LogP contribution in [0.5, 0.6) is 0 Å². The van der Waals surface area contributed by atoms with Gasteiger partial charge in [-0.1, -0.05) is 48.5 Å². The number of hydrogen-bond donors (Lipinski definition) is 1. The summed E-state index contributed by atoms with van der Waals surface area (Å²) in [4.78, 5) is 12.7. The lowest BCUT2D eigenvalue weighted by Crippen LogP contribution is -2.20. The van der Waals surface area contributed by atoms with E-state index >= 15 is 0 Å². The first-order valence-corrected chi connectivity index (χ1v) is 10.6. The molecule has 1 atom stereocenters. The lowest BCUT2D eigenvalue weighted by atomic mass is 9.94. The summed E-state index contributed by atoms with van der Waals surface area (Å²) in [6.07, 6.45) is 1.64. The van der Waals surface area contributed by atoms with Crippen LogP contribution in [0, 0.1) is 6.92 Å². The zero-order valence-electron chi connectivity index (χ0n) is 15.8. The van der Waals surface area contributed by atoms with Crippen molar-refractivity contribution in [2.24, 2.45) is 0 Å². The van der Waals surface area contributed by atoms with E-state index in [1.54, 1.807) is 17.8 Å². The molecular weight excluding hydrogens is 366 g/mol. The molecule has 0 saturated heterocycles. The topological polar surface area (TPSA) is 38.3 Å². The predicted octanol–water partition coefficient (Wildman–Crippen LogP) is 5.36. The maximum atomic E-state index is 12.7. The largest absolute Gasteiger partial charge is 0.439 e. The van der Waals surface area contributed by atoms with Crippen molar-refractivity contribution in [2.45, 2.75) is 18.5 Å². The van der Waals surface area contributed by atoms with E-state index < -0.39 is 6.23 Å². The van der Waals surface area contributed by atoms with Gasteiger partial charge in [-0.25, -0.2) is 4.79 Å². The summed E-state index contributed by atoms with van der Waals surface area (Å²) in [5, 5.41) is 3.35. The summed E-state index contributed by atoms with van der Waals surface area (Å²) in [6.45, 7) is 4.60. The number of rotatable bonds is 5. The van der Waals surface area contributed by atoms with Crippen LogP contribution in [0.1, 0.15) is 38.8 Å². The van der Waals surface area contributed by atoms with E-state index in [2.05, 4.69) is 42.8 Å². The van der Waals surface area contributed by atoms with Gasteiger partial charge in [0.25, 0.3) is 0 Å². The first kappa shape index (κ1) is 18.8. The zero-order chi connectivity index (χ0) is 19.5. The van der Waals surface area contributed by atoms with Crippen molar-refractivity contribution in [3.8, 4) is 11.1 Å². The second-order valence-electron chi connectivity index (χ2n) is 6.83. The first-order valence-electron chi connectivity index (χ1n) is 9.23. The average molecular weight is 389 g/mol. The van der Waals surface area contributed by atoms with Crippen molar-refractivity contribution < 1.29 is 9.53 Å². The third-order valence-corrected chi connectivity index (χ3v) is 5.57. The molecule has 3 aromatic rings. The Bertz CT molecular complexity index is 1000. The van der Waals surface area contributed by atoms with Crippen LogP contribution >= 0.6 is 11.8 Å². The minimum atomic E-state index is -0.452. The Balaban J connectivity index is 1.70. The van der Waals surface area contributed by atoms with Crippen LogP contribution in [-0.4, -0.2) is 12.2 Å². The lowest BCUT2D eigenvalue weighted by molar-refractivity contribution is 0.0236. The molecule has 1 N–H and O–H groups in total. The Hall–Kier alpha value is -2.56. The van der Waals surface area contributed by atoms with Gasteiger partial charge in [0.15, 0.2) is 6.23 Å². The van der Waals surface area contributed by atoms with Crippen LogP contribution < -0.4 is 5.32 Å². The second-order valence-corrected chi connectivity index (χ2v) is 7.70. The standard InChI is InChI=1S/C24H22NO2S/c1-16-8-6-7-11-19(16)24(26)27-23-21-13-17(15-28-2)12-20(22(21)14-25-23)18-9-4-3-5-10-18/h3-13,23,25H,1,14-15H2,2H3. The molecule has 3 nitrogen and oxygen atoms in total. The molecule has 0 aromatic heterocycles. The van der Waals surface area contributed by atoms with E-state index in [9.17, 15) is 4.79 Å². The van der Waals surface area contributed by atoms with Gasteiger partial charge < -0.3 is 4.74 Å². The van der Waals surface area contributed by atoms with Gasteiger partial charge in [-0.3, -0.25) is 5.32 Å². The van der Waals surface area contributed by atoms with E-state index in [1.807, 2.05) is 36.4 Å². The summed E-state index contributed by atoms with van der Waals surface area (Å²) < 4.78 is 5.83. The Morgan fingerprint density at radius 1 is 1.14 bits per heavy atom. The quantitative estimate of drug-likeness (QED) is 0.597. The predicted molar refractivity (Wildman–Crippen MR) is 115 cm³/mol. The number of esters is 1. The summed E-state index contributed by atoms with van der Waals surface area (Å²) in [5.74, 6) is 0.558. The van der Waals surface area contributed by atoms with Gasteiger partial charge in [-0.05, 0) is 59.2 Å². The number of fused-ring (bicyclic) bond motifs is 1. The Labute approximate surface area is 170 Å². The third kappa shape index (κ3) is 3.71. The van der Waals surface area contributed by atoms with Crippen molar-refractivity contribution in [1.82, 2.24) is 5.32 Å². The van der Waals surface area contributed by atoms with E-state index in [0.717, 1.165) is 11.3 Å². The van der Waals surface area contributed by atoms with Gasteiger partial charge in [0, 0.05) is 17.9 Å². The molecule has 1 aliphatic rings. The van der Waals surface area contributed by atoms with E-state index in [1.165, 1.54) is 22.3 Å². The molecule has 0 spiro atoms. The van der Waals surface area contributed by atoms with Crippen LogP contribution in [0.2, 0.25) is 0 Å². The molecule has 141 valence electrons. The fraction of sp³-hybridized carbons (Fsp3) is 0.167. The van der Waals surface area contributed by atoms with Crippen molar-refractivity contribution in [2.75, 3.05) is 6.26 Å². The highest BCUT2D eigenvalue weighted by Crippen LogP contribution is 2.37. The summed E-state index contributed by atoms with van der Waals surface area (Å²) in [7, 11) is 0. The molecule has 0 saturated carbocycles. The van der Waals surface area contributed by atoms with Crippen LogP contribution in [0.3, 0.4) is 0 Å². The van der Waals surface area contributed by atoms with E-state index in [0.29, 0.717) is 17.7 Å². The van der Waals surface area contributed by atoms with Gasteiger partial charge in [0.2, 0.25) is 0 Å². The molecule has 0 amide bonds. The van der Waals surface area contributed by atoms with Crippen molar-refractivity contribution in [1.29, 1.82) is 0 Å². The highest BCUT2D eigenvalue weighted by atomic mass is 32.2. The molecular formula is C24H22NO2S. The van der Waals surface area contributed by atoms with Crippen LogP contribution in [0.25, 0.3) is 11.1 Å². The van der Waals surface area contributed by atoms with Gasteiger partial charge in [-0.2, -0.15) is 11.8 Å². The zero-order valence-corrected chi connectivity index (χ0v) is 16.6. The van der Waals surface area contributed by atoms with Crippen molar-refractivity contribution in [3.05, 3.63) is 101 Å². The number of carbonyl (C=O) groups is 1. The molecule has 1 unspecified atom stereocenters. The maximum Gasteiger partial charge on any atom is 0.340 e. The Morgan fingerprint density at radius 3 is 2.64 bits per heavy atom. The summed E-state index contributed by atoms with van der Waals surface area (Å²) in [6, 6.07) is 22.0. The Kier molecular flexibility index (Phi) is 5.51. The van der Waals surface area contributed by atoms with E-state index in [4.69, 9.17) is 4.74 Å². The van der Waals surface area contributed by atoms with Gasteiger partial charge in [0.05, 0.1) is 5.56 Å². The molecule has 1 heterocycles. The van der Waals surface area contributed by atoms with Gasteiger partial charge in [-0.15, -0.1) is 0 Å². The highest BCUT2D eigenvalue weighted by molar-refractivity contribution is 7.97. The van der Waals surface area contributed by atoms with Crippen LogP contribution in [0.4, 0.5) is 0 Å². The minimum absolute atomic E-state index is 0.354. The molecule has 4 heteroatoms. The minimum Gasteiger partial charge on any atom is -0.439 e. The van der Waals surface area contributed by atoms with Crippen LogP contribution in [0.15, 0.2) is 66.7 Å². The monoisotopic (exact) mass is 388 g/mol. The number of ether oxygens (including phenoxy) is 1. The molecule has 1 radical (unpaired) electrons. The molecule has 4 rings (SSSR count). The lowest BCUT2D eigenvalue weighted by Gasteiger charge is -2.16. The van der Waals surface area contributed by atoms with Gasteiger partial charge >= 0.3 is 5.97 Å². The second kappa shape index (κ2) is 8.21. The normalized spacial score (nSPS) is 15.3. The number of thioether (sulfide) groups is 1. The molecule has 0 bridgehead atoms. The Morgan fingerprint density at radius 2 is 1.89 bits per heavy atom. The number of nitrogens with one attached hydrogen (secondary N) is 1. The fourth-order valence-electron chi connectivity index (χ4n) is 3.61. The molecule has 0 fully saturated rings. The maximum absolute atomic E-state index is 12.7. The SMILES string of the molecule is [CH2]c1ccccc1C(=O)OC1NCc2c(-c3ccccc3)cc(CSC)cc21. The number of benzene rings is 3. The van der Waals surface area contributed by atoms with Crippen molar-refractivity contribution in [3.63, 3.8) is 0 Å². The number of carbonyl (C=O) groups excluding carboxylic acids is 1.